The maximum absolute atomic E-state index is 4.58. The van der Waals surface area contributed by atoms with E-state index in [1.165, 1.54) is 16.3 Å². The van der Waals surface area contributed by atoms with Gasteiger partial charge in [0.25, 0.3) is 0 Å². The summed E-state index contributed by atoms with van der Waals surface area (Å²) in [5, 5.41) is 5.91. The van der Waals surface area contributed by atoms with Crippen molar-refractivity contribution >= 4 is 32.5 Å². The van der Waals surface area contributed by atoms with E-state index in [1.807, 2.05) is 6.20 Å². The Hall–Kier alpha value is -1.13. The Morgan fingerprint density at radius 3 is 2.55 bits per heavy atom. The highest BCUT2D eigenvalue weighted by Gasteiger charge is 2.09. The zero-order valence-electron chi connectivity index (χ0n) is 14.0. The smallest absolute Gasteiger partial charge is 0.133 e. The van der Waals surface area contributed by atoms with E-state index < -0.39 is 0 Å². The molecule has 4 heteroatoms. The van der Waals surface area contributed by atoms with Gasteiger partial charge >= 0.3 is 0 Å². The number of pyridine rings is 1. The number of anilines is 1. The first kappa shape index (κ1) is 17.2. The third kappa shape index (κ3) is 3.99. The summed E-state index contributed by atoms with van der Waals surface area (Å²) in [6.45, 7) is 13.0. The van der Waals surface area contributed by atoms with Crippen LogP contribution in [0.1, 0.15) is 39.2 Å². The molecule has 120 valence electrons. The molecule has 0 fully saturated rings. The van der Waals surface area contributed by atoms with E-state index in [0.29, 0.717) is 5.92 Å². The molecule has 0 bridgehead atoms. The summed E-state index contributed by atoms with van der Waals surface area (Å²) in [5.41, 5.74) is 1.35. The summed E-state index contributed by atoms with van der Waals surface area (Å²) in [7, 11) is 0. The number of hydrogen-bond acceptors (Lipinski definition) is 3. The lowest BCUT2D eigenvalue weighted by atomic mass is 10.00. The monoisotopic (exact) mass is 363 g/mol. The fourth-order valence-corrected chi connectivity index (χ4v) is 3.05. The van der Waals surface area contributed by atoms with Crippen molar-refractivity contribution in [2.45, 2.75) is 33.6 Å². The van der Waals surface area contributed by atoms with Gasteiger partial charge in [0.2, 0.25) is 0 Å². The molecule has 3 nitrogen and oxygen atoms in total. The first-order valence-corrected chi connectivity index (χ1v) is 8.90. The highest BCUT2D eigenvalue weighted by atomic mass is 79.9. The summed E-state index contributed by atoms with van der Waals surface area (Å²) >= 11 is 3.61. The van der Waals surface area contributed by atoms with Crippen LogP contribution in [0.2, 0.25) is 0 Å². The van der Waals surface area contributed by atoms with Crippen LogP contribution in [0.5, 0.6) is 0 Å². The highest BCUT2D eigenvalue weighted by molar-refractivity contribution is 9.10. The molecular weight excluding hydrogens is 338 g/mol. The second-order valence-electron chi connectivity index (χ2n) is 5.87. The van der Waals surface area contributed by atoms with Crippen molar-refractivity contribution < 1.29 is 0 Å². The number of nitrogens with one attached hydrogen (secondary N) is 1. The van der Waals surface area contributed by atoms with E-state index in [9.17, 15) is 0 Å². The van der Waals surface area contributed by atoms with Crippen LogP contribution in [0.15, 0.2) is 28.9 Å². The molecule has 0 amide bonds. The Balaban J connectivity index is 2.25. The zero-order chi connectivity index (χ0) is 16.1. The standard InChI is InChI=1S/C18H26BrN3/c1-5-22(6-2)10-9-20-18-16-11-14(13(3)4)7-8-15(16)17(19)12-21-18/h7-8,11-13H,5-6,9-10H2,1-4H3,(H,20,21). The lowest BCUT2D eigenvalue weighted by Crippen LogP contribution is -2.28. The Morgan fingerprint density at radius 1 is 1.18 bits per heavy atom. The van der Waals surface area contributed by atoms with E-state index in [0.717, 1.165) is 36.5 Å². The van der Waals surface area contributed by atoms with Crippen molar-refractivity contribution in [2.24, 2.45) is 0 Å². The van der Waals surface area contributed by atoms with Crippen molar-refractivity contribution in [3.05, 3.63) is 34.4 Å². The molecule has 0 spiro atoms. The van der Waals surface area contributed by atoms with Gasteiger partial charge in [-0.25, -0.2) is 4.98 Å². The third-order valence-corrected chi connectivity index (χ3v) is 4.78. The van der Waals surface area contributed by atoms with Gasteiger partial charge in [-0.2, -0.15) is 0 Å². The molecule has 0 aliphatic rings. The molecule has 0 unspecified atom stereocenters. The van der Waals surface area contributed by atoms with Crippen molar-refractivity contribution in [3.8, 4) is 0 Å². The number of aromatic nitrogens is 1. The van der Waals surface area contributed by atoms with Gasteiger partial charge in [0.05, 0.1) is 0 Å². The van der Waals surface area contributed by atoms with E-state index in [1.54, 1.807) is 0 Å². The molecule has 0 radical (unpaired) electrons. The van der Waals surface area contributed by atoms with Gasteiger partial charge in [0.15, 0.2) is 0 Å². The molecule has 0 aliphatic carbocycles. The molecule has 1 aromatic carbocycles. The first-order valence-electron chi connectivity index (χ1n) is 8.11. The molecule has 0 saturated heterocycles. The summed E-state index contributed by atoms with van der Waals surface area (Å²) in [5.74, 6) is 1.50. The average Bonchev–Trinajstić information content (AvgIpc) is 2.53. The normalized spacial score (nSPS) is 11.6. The molecule has 2 rings (SSSR count). The highest BCUT2D eigenvalue weighted by Crippen LogP contribution is 2.30. The zero-order valence-corrected chi connectivity index (χ0v) is 15.6. The number of nitrogens with zero attached hydrogens (tertiary/aromatic N) is 2. The quantitative estimate of drug-likeness (QED) is 0.759. The topological polar surface area (TPSA) is 28.2 Å². The third-order valence-electron chi connectivity index (χ3n) is 4.14. The predicted molar refractivity (Wildman–Crippen MR) is 99.8 cm³/mol. The lowest BCUT2D eigenvalue weighted by Gasteiger charge is -2.19. The maximum Gasteiger partial charge on any atom is 0.133 e. The van der Waals surface area contributed by atoms with Gasteiger partial charge in [0, 0.05) is 34.5 Å². The van der Waals surface area contributed by atoms with Crippen LogP contribution < -0.4 is 5.32 Å². The average molecular weight is 364 g/mol. The number of rotatable bonds is 7. The fourth-order valence-electron chi connectivity index (χ4n) is 2.60. The molecule has 0 saturated carbocycles. The molecule has 1 N–H and O–H groups in total. The molecular formula is C18H26BrN3. The summed E-state index contributed by atoms with van der Waals surface area (Å²) < 4.78 is 1.05. The number of halogens is 1. The van der Waals surface area contributed by atoms with Crippen molar-refractivity contribution in [2.75, 3.05) is 31.5 Å². The summed E-state index contributed by atoms with van der Waals surface area (Å²) in [6.07, 6.45) is 1.89. The van der Waals surface area contributed by atoms with Crippen LogP contribution >= 0.6 is 15.9 Å². The molecule has 1 heterocycles. The van der Waals surface area contributed by atoms with Gasteiger partial charge in [-0.3, -0.25) is 0 Å². The minimum Gasteiger partial charge on any atom is -0.368 e. The summed E-state index contributed by atoms with van der Waals surface area (Å²) in [6, 6.07) is 6.65. The van der Waals surface area contributed by atoms with Crippen molar-refractivity contribution in [1.82, 2.24) is 9.88 Å². The first-order chi connectivity index (χ1) is 10.6. The number of hydrogen-bond donors (Lipinski definition) is 1. The van der Waals surface area contributed by atoms with Crippen LogP contribution in [0, 0.1) is 0 Å². The lowest BCUT2D eigenvalue weighted by molar-refractivity contribution is 0.316. The molecule has 0 aliphatic heterocycles. The number of fused-ring (bicyclic) bond motifs is 1. The Morgan fingerprint density at radius 2 is 1.91 bits per heavy atom. The van der Waals surface area contributed by atoms with E-state index in [-0.39, 0.29) is 0 Å². The largest absolute Gasteiger partial charge is 0.368 e. The van der Waals surface area contributed by atoms with Gasteiger partial charge < -0.3 is 10.2 Å². The molecule has 2 aromatic rings. The minimum atomic E-state index is 0.520. The van der Waals surface area contributed by atoms with Gasteiger partial charge in [-0.15, -0.1) is 0 Å². The van der Waals surface area contributed by atoms with Crippen LogP contribution in [0.25, 0.3) is 10.8 Å². The number of benzene rings is 1. The molecule has 0 atom stereocenters. The van der Waals surface area contributed by atoms with Crippen molar-refractivity contribution in [1.29, 1.82) is 0 Å². The van der Waals surface area contributed by atoms with Gasteiger partial charge in [-0.05, 0) is 46.6 Å². The molecule has 1 aromatic heterocycles. The SMILES string of the molecule is CCN(CC)CCNc1ncc(Br)c2ccc(C(C)C)cc12. The Labute approximate surface area is 142 Å². The second kappa shape index (κ2) is 7.93. The molecule has 22 heavy (non-hydrogen) atoms. The minimum absolute atomic E-state index is 0.520. The van der Waals surface area contributed by atoms with Gasteiger partial charge in [0.1, 0.15) is 5.82 Å². The van der Waals surface area contributed by atoms with E-state index in [2.05, 4.69) is 77.0 Å². The van der Waals surface area contributed by atoms with E-state index >= 15 is 0 Å². The second-order valence-corrected chi connectivity index (χ2v) is 6.72. The van der Waals surface area contributed by atoms with Crippen LogP contribution in [0.4, 0.5) is 5.82 Å². The van der Waals surface area contributed by atoms with Gasteiger partial charge in [-0.1, -0.05) is 39.8 Å². The maximum atomic E-state index is 4.58. The summed E-state index contributed by atoms with van der Waals surface area (Å²) in [4.78, 5) is 6.99. The van der Waals surface area contributed by atoms with Crippen LogP contribution in [0.3, 0.4) is 0 Å². The van der Waals surface area contributed by atoms with Crippen LogP contribution in [-0.2, 0) is 0 Å². The number of likely N-dealkylation sites (N-methyl/N-ethyl adjacent to an activating group) is 1. The fraction of sp³-hybridized carbons (Fsp3) is 0.500. The van der Waals surface area contributed by atoms with E-state index in [4.69, 9.17) is 0 Å². The Bertz CT molecular complexity index is 621. The van der Waals surface area contributed by atoms with Crippen molar-refractivity contribution in [3.63, 3.8) is 0 Å². The Kier molecular flexibility index (Phi) is 6.21. The predicted octanol–water partition coefficient (Wildman–Crippen LogP) is 4.87. The van der Waals surface area contributed by atoms with Crippen LogP contribution in [-0.4, -0.2) is 36.1 Å².